The predicted octanol–water partition coefficient (Wildman–Crippen LogP) is 2.33. The van der Waals surface area contributed by atoms with E-state index in [4.69, 9.17) is 24.2 Å². The number of hydrogen-bond donors (Lipinski definition) is 2. The zero-order chi connectivity index (χ0) is 24.6. The molecule has 35 heavy (non-hydrogen) atoms. The Morgan fingerprint density at radius 2 is 1.54 bits per heavy atom. The molecule has 0 aliphatic carbocycles. The third-order valence-electron chi connectivity index (χ3n) is 6.87. The van der Waals surface area contributed by atoms with Gasteiger partial charge >= 0.3 is 0 Å². The summed E-state index contributed by atoms with van der Waals surface area (Å²) in [6.45, 7) is 3.81. The molecule has 0 bridgehead atoms. The predicted molar refractivity (Wildman–Crippen MR) is 137 cm³/mol. The van der Waals surface area contributed by atoms with E-state index in [1.807, 2.05) is 24.3 Å². The molecule has 1 aromatic heterocycles. The fraction of sp³-hybridized carbons (Fsp3) is 0.615. The molecule has 2 aliphatic rings. The molecule has 1 atom stereocenters. The van der Waals surface area contributed by atoms with Gasteiger partial charge in [-0.1, -0.05) is 12.1 Å². The average molecular weight is 486 g/mol. The van der Waals surface area contributed by atoms with Crippen molar-refractivity contribution in [3.05, 3.63) is 30.3 Å². The van der Waals surface area contributed by atoms with E-state index in [9.17, 15) is 5.11 Å². The Bertz CT molecular complexity index is 891. The molecule has 0 radical (unpaired) electrons. The number of likely N-dealkylation sites (N-methyl/N-ethyl adjacent to an activating group) is 1. The van der Waals surface area contributed by atoms with E-state index < -0.39 is 6.10 Å². The summed E-state index contributed by atoms with van der Waals surface area (Å²) in [4.78, 5) is 14.5. The van der Waals surface area contributed by atoms with E-state index in [0.717, 1.165) is 69.3 Å². The monoisotopic (exact) mass is 485 g/mol. The third-order valence-corrected chi connectivity index (χ3v) is 6.87. The lowest BCUT2D eigenvalue weighted by Crippen LogP contribution is -2.39. The lowest BCUT2D eigenvalue weighted by Gasteiger charge is -2.35. The van der Waals surface area contributed by atoms with Crippen molar-refractivity contribution in [2.45, 2.75) is 43.9 Å². The summed E-state index contributed by atoms with van der Waals surface area (Å²) in [5, 5.41) is 13.0. The molecule has 1 aromatic carbocycles. The second-order valence-corrected chi connectivity index (χ2v) is 9.37. The Morgan fingerprint density at radius 1 is 0.971 bits per heavy atom. The summed E-state index contributed by atoms with van der Waals surface area (Å²) < 4.78 is 17.0. The van der Waals surface area contributed by atoms with Crippen molar-refractivity contribution in [2.75, 3.05) is 70.5 Å². The van der Waals surface area contributed by atoms with Gasteiger partial charge in [-0.25, -0.2) is 9.97 Å². The lowest BCUT2D eigenvalue weighted by atomic mass is 10.1. The first-order valence-electron chi connectivity index (χ1n) is 12.6. The maximum atomic E-state index is 10.00. The molecule has 9 heteroatoms. The van der Waals surface area contributed by atoms with Gasteiger partial charge in [0.2, 0.25) is 0 Å². The number of benzene rings is 1. The molecule has 0 saturated carbocycles. The van der Waals surface area contributed by atoms with Crippen LogP contribution in [0, 0.1) is 0 Å². The van der Waals surface area contributed by atoms with Crippen LogP contribution in [0.4, 0.5) is 11.6 Å². The van der Waals surface area contributed by atoms with Crippen LogP contribution < -0.4 is 19.9 Å². The minimum atomic E-state index is -0.573. The molecule has 0 spiro atoms. The zero-order valence-corrected chi connectivity index (χ0v) is 21.2. The number of aliphatic hydroxyl groups excluding tert-OH is 1. The van der Waals surface area contributed by atoms with Gasteiger partial charge in [0, 0.05) is 70.8 Å². The number of rotatable bonds is 10. The average Bonchev–Trinajstić information content (AvgIpc) is 2.92. The van der Waals surface area contributed by atoms with Crippen molar-refractivity contribution in [3.8, 4) is 17.1 Å². The molecule has 2 aromatic rings. The minimum Gasteiger partial charge on any atom is -0.491 e. The second kappa shape index (κ2) is 12.5. The number of hydrogen-bond acceptors (Lipinski definition) is 9. The van der Waals surface area contributed by atoms with E-state index in [1.165, 1.54) is 0 Å². The van der Waals surface area contributed by atoms with Crippen LogP contribution in [0.1, 0.15) is 25.7 Å². The first-order chi connectivity index (χ1) is 17.0. The molecule has 4 rings (SSSR count). The Kier molecular flexibility index (Phi) is 9.14. The van der Waals surface area contributed by atoms with Crippen LogP contribution in [0.25, 0.3) is 11.4 Å². The van der Waals surface area contributed by atoms with E-state index in [0.29, 0.717) is 30.2 Å². The smallest absolute Gasteiger partial charge is 0.163 e. The van der Waals surface area contributed by atoms with Crippen LogP contribution in [-0.2, 0) is 9.47 Å². The van der Waals surface area contributed by atoms with Crippen LogP contribution in [-0.4, -0.2) is 94.0 Å². The summed E-state index contributed by atoms with van der Waals surface area (Å²) >= 11 is 0. The zero-order valence-electron chi connectivity index (χ0n) is 21.2. The first-order valence-corrected chi connectivity index (χ1v) is 12.6. The molecule has 2 N–H and O–H groups in total. The van der Waals surface area contributed by atoms with Gasteiger partial charge in [-0.2, -0.15) is 0 Å². The number of aromatic nitrogens is 2. The maximum absolute atomic E-state index is 10.00. The highest BCUT2D eigenvalue weighted by molar-refractivity contribution is 5.64. The largest absolute Gasteiger partial charge is 0.491 e. The summed E-state index contributed by atoms with van der Waals surface area (Å²) in [6.07, 6.45) is 3.37. The molecule has 9 nitrogen and oxygen atoms in total. The van der Waals surface area contributed by atoms with Gasteiger partial charge in [0.05, 0.1) is 0 Å². The summed E-state index contributed by atoms with van der Waals surface area (Å²) in [7, 11) is 6.03. The van der Waals surface area contributed by atoms with Gasteiger partial charge in [-0.3, -0.25) is 0 Å². The molecule has 2 aliphatic heterocycles. The molecule has 2 saturated heterocycles. The lowest BCUT2D eigenvalue weighted by molar-refractivity contribution is 0.0852. The fourth-order valence-corrected chi connectivity index (χ4v) is 4.64. The third kappa shape index (κ3) is 6.82. The van der Waals surface area contributed by atoms with E-state index in [2.05, 4.69) is 35.3 Å². The molecule has 3 heterocycles. The number of ether oxygens (including phenoxy) is 3. The van der Waals surface area contributed by atoms with E-state index in [1.54, 1.807) is 7.05 Å². The van der Waals surface area contributed by atoms with Crippen molar-refractivity contribution in [1.82, 2.24) is 15.3 Å². The van der Waals surface area contributed by atoms with Crippen molar-refractivity contribution >= 4 is 11.6 Å². The standard InChI is InChI=1S/C26H39N5O4/c1-27-17-22(32)18-35-23-6-4-5-19(15-23)26-28-24(30(2)20-7-11-33-12-8-20)16-25(29-26)31(3)21-9-13-34-14-10-21/h4-6,15-16,20-22,27,32H,7-14,17-18H2,1-3H3. The second-order valence-electron chi connectivity index (χ2n) is 9.37. The van der Waals surface area contributed by atoms with Gasteiger partial charge in [-0.15, -0.1) is 0 Å². The topological polar surface area (TPSA) is 92.2 Å². The van der Waals surface area contributed by atoms with Crippen LogP contribution in [0.2, 0.25) is 0 Å². The van der Waals surface area contributed by atoms with Crippen LogP contribution >= 0.6 is 0 Å². The highest BCUT2D eigenvalue weighted by atomic mass is 16.5. The molecular formula is C26H39N5O4. The number of nitrogens with zero attached hydrogens (tertiary/aromatic N) is 4. The number of nitrogens with one attached hydrogen (secondary N) is 1. The molecule has 1 unspecified atom stereocenters. The van der Waals surface area contributed by atoms with Gasteiger partial charge in [0.25, 0.3) is 0 Å². The Labute approximate surface area is 208 Å². The molecule has 192 valence electrons. The number of anilines is 2. The molecule has 2 fully saturated rings. The van der Waals surface area contributed by atoms with Gasteiger partial charge in [-0.05, 0) is 44.9 Å². The molecule has 0 amide bonds. The van der Waals surface area contributed by atoms with Crippen molar-refractivity contribution in [1.29, 1.82) is 0 Å². The summed E-state index contributed by atoms with van der Waals surface area (Å²) in [6, 6.07) is 10.6. The van der Waals surface area contributed by atoms with Gasteiger partial charge < -0.3 is 34.4 Å². The van der Waals surface area contributed by atoms with Crippen LogP contribution in [0.3, 0.4) is 0 Å². The summed E-state index contributed by atoms with van der Waals surface area (Å²) in [5.74, 6) is 3.17. The number of aliphatic hydroxyl groups is 1. The maximum Gasteiger partial charge on any atom is 0.163 e. The Hall–Kier alpha value is -2.46. The Balaban J connectivity index is 1.63. The van der Waals surface area contributed by atoms with Crippen molar-refractivity contribution in [3.63, 3.8) is 0 Å². The highest BCUT2D eigenvalue weighted by Crippen LogP contribution is 2.30. The van der Waals surface area contributed by atoms with E-state index in [-0.39, 0.29) is 6.61 Å². The highest BCUT2D eigenvalue weighted by Gasteiger charge is 2.24. The van der Waals surface area contributed by atoms with E-state index >= 15 is 0 Å². The van der Waals surface area contributed by atoms with Crippen molar-refractivity contribution in [2.24, 2.45) is 0 Å². The summed E-state index contributed by atoms with van der Waals surface area (Å²) in [5.41, 5.74) is 0.884. The SMILES string of the molecule is CNCC(O)COc1cccc(-c2nc(N(C)C3CCOCC3)cc(N(C)C3CCOCC3)n2)c1. The van der Waals surface area contributed by atoms with Crippen LogP contribution in [0.15, 0.2) is 30.3 Å². The van der Waals surface area contributed by atoms with Crippen LogP contribution in [0.5, 0.6) is 5.75 Å². The fourth-order valence-electron chi connectivity index (χ4n) is 4.64. The first kappa shape index (κ1) is 25.6. The Morgan fingerprint density at radius 3 is 2.09 bits per heavy atom. The van der Waals surface area contributed by atoms with Gasteiger partial charge in [0.1, 0.15) is 30.1 Å². The quantitative estimate of drug-likeness (QED) is 0.526. The van der Waals surface area contributed by atoms with Crippen molar-refractivity contribution < 1.29 is 19.3 Å². The molecular weight excluding hydrogens is 446 g/mol. The normalized spacial score (nSPS) is 18.3. The van der Waals surface area contributed by atoms with Gasteiger partial charge in [0.15, 0.2) is 5.82 Å². The minimum absolute atomic E-state index is 0.218.